The Labute approximate surface area is 93.0 Å². The van der Waals surface area contributed by atoms with Crippen LogP contribution in [0.25, 0.3) is 0 Å². The quantitative estimate of drug-likeness (QED) is 0.700. The number of likely N-dealkylation sites (tertiary alicyclic amines) is 1. The lowest BCUT2D eigenvalue weighted by atomic mass is 9.82. The molecule has 1 heterocycles. The zero-order valence-electron chi connectivity index (χ0n) is 10.0. The second kappa shape index (κ2) is 4.54. The Hall–Kier alpha value is -0.530. The summed E-state index contributed by atoms with van der Waals surface area (Å²) >= 11 is 0. The van der Waals surface area contributed by atoms with Crippen LogP contribution in [0, 0.1) is 11.8 Å². The Morgan fingerprint density at radius 1 is 1.27 bits per heavy atom. The summed E-state index contributed by atoms with van der Waals surface area (Å²) in [7, 11) is 0. The van der Waals surface area contributed by atoms with Gasteiger partial charge in [0.2, 0.25) is 5.91 Å². The molecule has 0 bridgehead atoms. The molecule has 1 aliphatic heterocycles. The Kier molecular flexibility index (Phi) is 3.32. The van der Waals surface area contributed by atoms with E-state index in [1.165, 1.54) is 32.1 Å². The van der Waals surface area contributed by atoms with Crippen molar-refractivity contribution in [3.05, 3.63) is 0 Å². The minimum Gasteiger partial charge on any atom is -0.339 e. The number of hydrogen-bond acceptors (Lipinski definition) is 1. The van der Waals surface area contributed by atoms with Gasteiger partial charge in [0.05, 0.1) is 0 Å². The SMILES string of the molecule is CC(C)[C@@H]1CCCN1C(=O)CC1CCC1. The summed E-state index contributed by atoms with van der Waals surface area (Å²) in [6.45, 7) is 5.48. The highest BCUT2D eigenvalue weighted by molar-refractivity contribution is 5.77. The molecule has 0 radical (unpaired) electrons. The maximum atomic E-state index is 12.1. The standard InChI is InChI=1S/C13H23NO/c1-10(2)12-7-4-8-14(12)13(15)9-11-5-3-6-11/h10-12H,3-9H2,1-2H3/t12-/m0/s1. The van der Waals surface area contributed by atoms with Gasteiger partial charge in [-0.25, -0.2) is 0 Å². The summed E-state index contributed by atoms with van der Waals surface area (Å²) in [4.78, 5) is 14.2. The molecule has 1 amide bonds. The van der Waals surface area contributed by atoms with Crippen molar-refractivity contribution in [3.63, 3.8) is 0 Å². The van der Waals surface area contributed by atoms with Crippen molar-refractivity contribution in [1.82, 2.24) is 4.90 Å². The highest BCUT2D eigenvalue weighted by Crippen LogP contribution is 2.32. The molecule has 0 unspecified atom stereocenters. The molecule has 0 aromatic rings. The molecule has 2 fully saturated rings. The summed E-state index contributed by atoms with van der Waals surface area (Å²) in [5, 5.41) is 0. The van der Waals surface area contributed by atoms with Crippen molar-refractivity contribution < 1.29 is 4.79 Å². The largest absolute Gasteiger partial charge is 0.339 e. The molecule has 0 aromatic carbocycles. The first-order valence-electron chi connectivity index (χ1n) is 6.48. The molecule has 1 saturated carbocycles. The van der Waals surface area contributed by atoms with Gasteiger partial charge < -0.3 is 4.90 Å². The Morgan fingerprint density at radius 3 is 2.53 bits per heavy atom. The minimum absolute atomic E-state index is 0.427. The highest BCUT2D eigenvalue weighted by atomic mass is 16.2. The third-order valence-electron chi connectivity index (χ3n) is 4.08. The van der Waals surface area contributed by atoms with Gasteiger partial charge in [0.15, 0.2) is 0 Å². The van der Waals surface area contributed by atoms with Crippen molar-refractivity contribution in [1.29, 1.82) is 0 Å². The van der Waals surface area contributed by atoms with Crippen LogP contribution in [-0.4, -0.2) is 23.4 Å². The molecule has 2 rings (SSSR count). The molecule has 0 N–H and O–H groups in total. The zero-order chi connectivity index (χ0) is 10.8. The lowest BCUT2D eigenvalue weighted by molar-refractivity contribution is -0.134. The van der Waals surface area contributed by atoms with Crippen LogP contribution in [-0.2, 0) is 4.79 Å². The second-order valence-corrected chi connectivity index (χ2v) is 5.54. The average molecular weight is 209 g/mol. The van der Waals surface area contributed by atoms with E-state index in [0.29, 0.717) is 23.8 Å². The van der Waals surface area contributed by atoms with Crippen LogP contribution in [0.1, 0.15) is 52.4 Å². The lowest BCUT2D eigenvalue weighted by Gasteiger charge is -2.31. The maximum absolute atomic E-state index is 12.1. The van der Waals surface area contributed by atoms with E-state index in [-0.39, 0.29) is 0 Å². The predicted octanol–water partition coefficient (Wildman–Crippen LogP) is 2.82. The lowest BCUT2D eigenvalue weighted by Crippen LogP contribution is -2.39. The molecule has 0 aromatic heterocycles. The first kappa shape index (κ1) is 11.0. The third kappa shape index (κ3) is 2.35. The van der Waals surface area contributed by atoms with Gasteiger partial charge in [-0.3, -0.25) is 4.79 Å². The highest BCUT2D eigenvalue weighted by Gasteiger charge is 2.32. The molecule has 15 heavy (non-hydrogen) atoms. The Balaban J connectivity index is 1.87. The van der Waals surface area contributed by atoms with E-state index in [9.17, 15) is 4.79 Å². The smallest absolute Gasteiger partial charge is 0.223 e. The fourth-order valence-electron chi connectivity index (χ4n) is 2.86. The van der Waals surface area contributed by atoms with E-state index in [1.54, 1.807) is 0 Å². The number of rotatable bonds is 3. The van der Waals surface area contributed by atoms with Crippen LogP contribution in [0.4, 0.5) is 0 Å². The van der Waals surface area contributed by atoms with Crippen LogP contribution >= 0.6 is 0 Å². The normalized spacial score (nSPS) is 27.1. The van der Waals surface area contributed by atoms with Gasteiger partial charge in [0.25, 0.3) is 0 Å². The van der Waals surface area contributed by atoms with E-state index >= 15 is 0 Å². The Bertz CT molecular complexity index is 233. The zero-order valence-corrected chi connectivity index (χ0v) is 10.0. The summed E-state index contributed by atoms with van der Waals surface area (Å²) < 4.78 is 0. The van der Waals surface area contributed by atoms with Crippen molar-refractivity contribution in [2.45, 2.75) is 58.4 Å². The van der Waals surface area contributed by atoms with E-state index in [1.807, 2.05) is 0 Å². The first-order valence-corrected chi connectivity index (χ1v) is 6.48. The van der Waals surface area contributed by atoms with Crippen LogP contribution in [0.15, 0.2) is 0 Å². The monoisotopic (exact) mass is 209 g/mol. The summed E-state index contributed by atoms with van der Waals surface area (Å²) in [6, 6.07) is 0.526. The van der Waals surface area contributed by atoms with E-state index < -0.39 is 0 Å². The first-order chi connectivity index (χ1) is 7.18. The topological polar surface area (TPSA) is 20.3 Å². The van der Waals surface area contributed by atoms with E-state index in [2.05, 4.69) is 18.7 Å². The molecule has 0 spiro atoms. The maximum Gasteiger partial charge on any atom is 0.223 e. The number of hydrogen-bond donors (Lipinski definition) is 0. The van der Waals surface area contributed by atoms with Crippen LogP contribution in [0.3, 0.4) is 0 Å². The molecule has 1 atom stereocenters. The molecule has 1 saturated heterocycles. The number of amides is 1. The van der Waals surface area contributed by atoms with Gasteiger partial charge in [-0.05, 0) is 37.5 Å². The van der Waals surface area contributed by atoms with Crippen LogP contribution < -0.4 is 0 Å². The molecule has 2 aliphatic rings. The van der Waals surface area contributed by atoms with Crippen molar-refractivity contribution >= 4 is 5.91 Å². The third-order valence-corrected chi connectivity index (χ3v) is 4.08. The molecule has 2 nitrogen and oxygen atoms in total. The predicted molar refractivity (Wildman–Crippen MR) is 61.5 cm³/mol. The fraction of sp³-hybridized carbons (Fsp3) is 0.923. The number of nitrogens with zero attached hydrogens (tertiary/aromatic N) is 1. The number of carbonyl (C=O) groups is 1. The molecule has 86 valence electrons. The summed E-state index contributed by atoms with van der Waals surface area (Å²) in [5.74, 6) is 1.76. The van der Waals surface area contributed by atoms with Crippen molar-refractivity contribution in [3.8, 4) is 0 Å². The molecule has 2 heteroatoms. The average Bonchev–Trinajstić information content (AvgIpc) is 2.59. The van der Waals surface area contributed by atoms with E-state index in [0.717, 1.165) is 13.0 Å². The van der Waals surface area contributed by atoms with Gasteiger partial charge in [0.1, 0.15) is 0 Å². The van der Waals surface area contributed by atoms with Crippen LogP contribution in [0.5, 0.6) is 0 Å². The second-order valence-electron chi connectivity index (χ2n) is 5.54. The minimum atomic E-state index is 0.427. The summed E-state index contributed by atoms with van der Waals surface area (Å²) in [6.07, 6.45) is 7.15. The Morgan fingerprint density at radius 2 is 2.00 bits per heavy atom. The van der Waals surface area contributed by atoms with Crippen molar-refractivity contribution in [2.75, 3.05) is 6.54 Å². The fourth-order valence-corrected chi connectivity index (χ4v) is 2.86. The van der Waals surface area contributed by atoms with Crippen molar-refractivity contribution in [2.24, 2.45) is 11.8 Å². The van der Waals surface area contributed by atoms with Gasteiger partial charge in [-0.2, -0.15) is 0 Å². The summed E-state index contributed by atoms with van der Waals surface area (Å²) in [5.41, 5.74) is 0. The molecular formula is C13H23NO. The van der Waals surface area contributed by atoms with Crippen LogP contribution in [0.2, 0.25) is 0 Å². The van der Waals surface area contributed by atoms with Gasteiger partial charge in [0, 0.05) is 19.0 Å². The number of carbonyl (C=O) groups excluding carboxylic acids is 1. The molecular weight excluding hydrogens is 186 g/mol. The molecule has 1 aliphatic carbocycles. The van der Waals surface area contributed by atoms with E-state index in [4.69, 9.17) is 0 Å². The van der Waals surface area contributed by atoms with Gasteiger partial charge >= 0.3 is 0 Å². The van der Waals surface area contributed by atoms with Gasteiger partial charge in [-0.1, -0.05) is 20.3 Å². The van der Waals surface area contributed by atoms with Gasteiger partial charge in [-0.15, -0.1) is 0 Å².